The number of benzene rings is 2. The summed E-state index contributed by atoms with van der Waals surface area (Å²) in [6.07, 6.45) is 0. The van der Waals surface area contributed by atoms with Gasteiger partial charge in [-0.2, -0.15) is 0 Å². The normalized spacial score (nSPS) is 12.4. The Morgan fingerprint density at radius 3 is 2.83 bits per heavy atom. The Labute approximate surface area is 182 Å². The van der Waals surface area contributed by atoms with Crippen LogP contribution in [-0.2, 0) is 6.67 Å². The number of nitrogens with one attached hydrogen (secondary N) is 1. The standard InChI is InChI=1S/C20H21N5OS3/c1-13(18-22-16-9-4-5-10-17(16)28-18)24(2)12-25-20(27)29-19(23-25)21-14-7-6-8-15(11-14)26-3/h4-11,13H,12H2,1-3H3,(H,21,23). The largest absolute Gasteiger partial charge is 0.497 e. The lowest BCUT2D eigenvalue weighted by atomic mass is 10.3. The van der Waals surface area contributed by atoms with Crippen LogP contribution in [0.4, 0.5) is 10.8 Å². The van der Waals surface area contributed by atoms with Crippen molar-refractivity contribution < 1.29 is 4.74 Å². The van der Waals surface area contributed by atoms with E-state index in [1.165, 1.54) is 16.0 Å². The molecule has 6 nitrogen and oxygen atoms in total. The van der Waals surface area contributed by atoms with E-state index >= 15 is 0 Å². The van der Waals surface area contributed by atoms with Gasteiger partial charge in [-0.15, -0.1) is 16.4 Å². The van der Waals surface area contributed by atoms with Gasteiger partial charge in [0.05, 0.1) is 30.0 Å². The zero-order chi connectivity index (χ0) is 20.4. The van der Waals surface area contributed by atoms with Crippen LogP contribution >= 0.6 is 34.9 Å². The van der Waals surface area contributed by atoms with E-state index in [0.29, 0.717) is 6.67 Å². The van der Waals surface area contributed by atoms with Crippen LogP contribution in [0, 0.1) is 3.95 Å². The predicted molar refractivity (Wildman–Crippen MR) is 123 cm³/mol. The average molecular weight is 444 g/mol. The van der Waals surface area contributed by atoms with Crippen LogP contribution in [0.3, 0.4) is 0 Å². The second-order valence-electron chi connectivity index (χ2n) is 6.62. The molecule has 2 aromatic carbocycles. The molecule has 2 heterocycles. The fourth-order valence-corrected chi connectivity index (χ4v) is 4.96. The van der Waals surface area contributed by atoms with Crippen LogP contribution in [0.5, 0.6) is 5.75 Å². The number of aromatic nitrogens is 3. The topological polar surface area (TPSA) is 55.2 Å². The van der Waals surface area contributed by atoms with Gasteiger partial charge in [-0.1, -0.05) is 29.5 Å². The maximum Gasteiger partial charge on any atom is 0.209 e. The molecule has 4 rings (SSSR count). The van der Waals surface area contributed by atoms with E-state index in [0.717, 1.165) is 31.0 Å². The maximum absolute atomic E-state index is 5.53. The number of thiazole rings is 1. The van der Waals surface area contributed by atoms with Crippen LogP contribution in [-0.4, -0.2) is 33.8 Å². The fraction of sp³-hybridized carbons (Fsp3) is 0.250. The average Bonchev–Trinajstić information content (AvgIpc) is 3.30. The minimum atomic E-state index is 0.158. The van der Waals surface area contributed by atoms with Crippen LogP contribution in [0.2, 0.25) is 0 Å². The molecule has 0 aliphatic carbocycles. The first-order valence-electron chi connectivity index (χ1n) is 9.08. The van der Waals surface area contributed by atoms with Gasteiger partial charge in [0.1, 0.15) is 10.8 Å². The summed E-state index contributed by atoms with van der Waals surface area (Å²) in [7, 11) is 3.72. The lowest BCUT2D eigenvalue weighted by molar-refractivity contribution is 0.195. The number of nitrogens with zero attached hydrogens (tertiary/aromatic N) is 4. The number of fused-ring (bicyclic) bond motifs is 1. The van der Waals surface area contributed by atoms with E-state index in [2.05, 4.69) is 41.4 Å². The van der Waals surface area contributed by atoms with Crippen molar-refractivity contribution in [1.29, 1.82) is 0 Å². The van der Waals surface area contributed by atoms with E-state index in [1.807, 2.05) is 41.1 Å². The van der Waals surface area contributed by atoms with E-state index in [4.69, 9.17) is 21.9 Å². The van der Waals surface area contributed by atoms with Gasteiger partial charge < -0.3 is 10.1 Å². The molecule has 0 fully saturated rings. The quantitative estimate of drug-likeness (QED) is 0.371. The van der Waals surface area contributed by atoms with E-state index in [-0.39, 0.29) is 6.04 Å². The van der Waals surface area contributed by atoms with Gasteiger partial charge in [-0.3, -0.25) is 4.90 Å². The van der Waals surface area contributed by atoms with Crippen molar-refractivity contribution in [2.45, 2.75) is 19.6 Å². The second kappa shape index (κ2) is 8.58. The smallest absolute Gasteiger partial charge is 0.209 e. The molecule has 29 heavy (non-hydrogen) atoms. The molecule has 0 aliphatic rings. The molecule has 0 aliphatic heterocycles. The molecule has 0 saturated heterocycles. The molecule has 2 aromatic heterocycles. The molecule has 1 unspecified atom stereocenters. The Morgan fingerprint density at radius 1 is 1.21 bits per heavy atom. The summed E-state index contributed by atoms with van der Waals surface area (Å²) in [5, 5.41) is 9.78. The SMILES string of the molecule is COc1cccc(Nc2nn(CN(C)C(C)c3nc4ccccc4s3)c(=S)s2)c1. The van der Waals surface area contributed by atoms with Crippen molar-refractivity contribution in [3.8, 4) is 5.75 Å². The number of anilines is 2. The second-order valence-corrected chi connectivity index (χ2v) is 9.31. The molecular formula is C20H21N5OS3. The highest BCUT2D eigenvalue weighted by Crippen LogP contribution is 2.29. The minimum Gasteiger partial charge on any atom is -0.497 e. The van der Waals surface area contributed by atoms with Gasteiger partial charge in [0.2, 0.25) is 5.13 Å². The number of ether oxygens (including phenoxy) is 1. The highest BCUT2D eigenvalue weighted by molar-refractivity contribution is 7.73. The monoisotopic (exact) mass is 443 g/mol. The lowest BCUT2D eigenvalue weighted by Gasteiger charge is -2.22. The zero-order valence-corrected chi connectivity index (χ0v) is 18.8. The summed E-state index contributed by atoms with van der Waals surface area (Å²) >= 11 is 8.71. The zero-order valence-electron chi connectivity index (χ0n) is 16.3. The van der Waals surface area contributed by atoms with Crippen LogP contribution in [0.25, 0.3) is 10.2 Å². The molecule has 0 saturated carbocycles. The van der Waals surface area contributed by atoms with Crippen molar-refractivity contribution in [1.82, 2.24) is 19.7 Å². The van der Waals surface area contributed by atoms with Crippen LogP contribution in [0.15, 0.2) is 48.5 Å². The summed E-state index contributed by atoms with van der Waals surface area (Å²) in [4.78, 5) is 6.97. The van der Waals surface area contributed by atoms with Gasteiger partial charge in [0.25, 0.3) is 0 Å². The minimum absolute atomic E-state index is 0.158. The molecule has 1 atom stereocenters. The first-order valence-corrected chi connectivity index (χ1v) is 11.1. The van der Waals surface area contributed by atoms with Gasteiger partial charge >= 0.3 is 0 Å². The van der Waals surface area contributed by atoms with Crippen molar-refractivity contribution >= 4 is 55.9 Å². The van der Waals surface area contributed by atoms with Gasteiger partial charge in [-0.05, 0) is 50.5 Å². The Bertz CT molecular complexity index is 1150. The Hall–Kier alpha value is -2.33. The van der Waals surface area contributed by atoms with Crippen molar-refractivity contribution in [2.75, 3.05) is 19.5 Å². The lowest BCUT2D eigenvalue weighted by Crippen LogP contribution is -2.26. The summed E-state index contributed by atoms with van der Waals surface area (Å²) in [6.45, 7) is 2.75. The summed E-state index contributed by atoms with van der Waals surface area (Å²) in [5.74, 6) is 0.794. The first kappa shape index (κ1) is 20.0. The number of methoxy groups -OCH3 is 1. The molecule has 1 N–H and O–H groups in total. The molecule has 4 aromatic rings. The summed E-state index contributed by atoms with van der Waals surface area (Å²) in [6, 6.07) is 16.1. The van der Waals surface area contributed by atoms with Crippen LogP contribution in [0.1, 0.15) is 18.0 Å². The van der Waals surface area contributed by atoms with Crippen LogP contribution < -0.4 is 10.1 Å². The third kappa shape index (κ3) is 4.48. The number of hydrogen-bond acceptors (Lipinski definition) is 8. The van der Waals surface area contributed by atoms with Crippen molar-refractivity contribution in [3.63, 3.8) is 0 Å². The summed E-state index contributed by atoms with van der Waals surface area (Å²) in [5.41, 5.74) is 1.96. The highest BCUT2D eigenvalue weighted by Gasteiger charge is 2.17. The first-order chi connectivity index (χ1) is 14.0. The molecule has 0 radical (unpaired) electrons. The van der Waals surface area contributed by atoms with Gasteiger partial charge in [-0.25, -0.2) is 9.67 Å². The predicted octanol–water partition coefficient (Wildman–Crippen LogP) is 5.69. The molecule has 0 amide bonds. The molecule has 150 valence electrons. The molecule has 0 spiro atoms. The van der Waals surface area contributed by atoms with E-state index in [9.17, 15) is 0 Å². The molecular weight excluding hydrogens is 422 g/mol. The Balaban J connectivity index is 1.48. The number of rotatable bonds is 7. The molecule has 0 bridgehead atoms. The third-order valence-electron chi connectivity index (χ3n) is 4.61. The highest BCUT2D eigenvalue weighted by atomic mass is 32.1. The molecule has 9 heteroatoms. The maximum atomic E-state index is 5.53. The Kier molecular flexibility index (Phi) is 5.91. The number of hydrogen-bond donors (Lipinski definition) is 1. The number of para-hydroxylation sites is 1. The Morgan fingerprint density at radius 2 is 2.03 bits per heavy atom. The van der Waals surface area contributed by atoms with Gasteiger partial charge in [0.15, 0.2) is 3.95 Å². The van der Waals surface area contributed by atoms with Crippen molar-refractivity contribution in [3.05, 3.63) is 57.5 Å². The fourth-order valence-electron chi connectivity index (χ4n) is 2.86. The van der Waals surface area contributed by atoms with E-state index in [1.54, 1.807) is 18.4 Å². The van der Waals surface area contributed by atoms with E-state index < -0.39 is 0 Å². The summed E-state index contributed by atoms with van der Waals surface area (Å²) < 4.78 is 9.04. The van der Waals surface area contributed by atoms with Gasteiger partial charge in [0, 0.05) is 11.8 Å². The van der Waals surface area contributed by atoms with Crippen molar-refractivity contribution in [2.24, 2.45) is 0 Å². The third-order valence-corrected chi connectivity index (χ3v) is 7.04.